The lowest BCUT2D eigenvalue weighted by Crippen LogP contribution is -1.81. The molecular formula is C10H8FN5. The number of aromatic amines is 2. The van der Waals surface area contributed by atoms with Crippen molar-refractivity contribution in [1.82, 2.24) is 20.2 Å². The highest BCUT2D eigenvalue weighted by Gasteiger charge is 2.09. The van der Waals surface area contributed by atoms with Gasteiger partial charge in [-0.2, -0.15) is 5.10 Å². The molecule has 0 fully saturated rings. The molecule has 3 aromatic rings. The van der Waals surface area contributed by atoms with Gasteiger partial charge in [0.15, 0.2) is 11.6 Å². The van der Waals surface area contributed by atoms with Gasteiger partial charge in [0.05, 0.1) is 5.52 Å². The van der Waals surface area contributed by atoms with E-state index in [1.807, 2.05) is 0 Å². The van der Waals surface area contributed by atoms with Crippen molar-refractivity contribution < 1.29 is 4.39 Å². The summed E-state index contributed by atoms with van der Waals surface area (Å²) >= 11 is 0. The Kier molecular flexibility index (Phi) is 1.70. The summed E-state index contributed by atoms with van der Waals surface area (Å²) in [7, 11) is 0. The second-order valence-corrected chi connectivity index (χ2v) is 3.43. The Hall–Kier alpha value is -2.37. The van der Waals surface area contributed by atoms with Crippen molar-refractivity contribution in [2.24, 2.45) is 0 Å². The number of halogens is 1. The fourth-order valence-corrected chi connectivity index (χ4v) is 1.58. The summed E-state index contributed by atoms with van der Waals surface area (Å²) in [5, 5.41) is 6.50. The summed E-state index contributed by atoms with van der Waals surface area (Å²) in [6.07, 6.45) is 0. The molecule has 0 aliphatic rings. The zero-order valence-corrected chi connectivity index (χ0v) is 8.16. The fraction of sp³-hybridized carbons (Fsp3) is 0. The van der Waals surface area contributed by atoms with E-state index < -0.39 is 0 Å². The molecule has 0 atom stereocenters. The molecule has 6 heteroatoms. The molecular weight excluding hydrogens is 209 g/mol. The summed E-state index contributed by atoms with van der Waals surface area (Å²) in [6, 6.07) is 6.39. The maximum atomic E-state index is 13.4. The topological polar surface area (TPSA) is 83.4 Å². The fourth-order valence-electron chi connectivity index (χ4n) is 1.58. The number of para-hydroxylation sites is 1. The lowest BCUT2D eigenvalue weighted by molar-refractivity contribution is 0.637. The molecule has 16 heavy (non-hydrogen) atoms. The summed E-state index contributed by atoms with van der Waals surface area (Å²) < 4.78 is 13.4. The van der Waals surface area contributed by atoms with Crippen LogP contribution in [0.5, 0.6) is 0 Å². The average Bonchev–Trinajstić information content (AvgIpc) is 2.84. The van der Waals surface area contributed by atoms with E-state index >= 15 is 0 Å². The Morgan fingerprint density at radius 1 is 1.31 bits per heavy atom. The molecule has 4 N–H and O–H groups in total. The molecule has 0 aliphatic carbocycles. The van der Waals surface area contributed by atoms with E-state index in [1.54, 1.807) is 18.2 Å². The van der Waals surface area contributed by atoms with Gasteiger partial charge in [-0.05, 0) is 12.1 Å². The molecule has 2 heterocycles. The maximum absolute atomic E-state index is 13.4. The van der Waals surface area contributed by atoms with Crippen LogP contribution in [0.3, 0.4) is 0 Å². The van der Waals surface area contributed by atoms with Gasteiger partial charge < -0.3 is 10.7 Å². The number of fused-ring (bicyclic) bond motifs is 1. The minimum absolute atomic E-state index is 0.311. The van der Waals surface area contributed by atoms with E-state index in [9.17, 15) is 4.39 Å². The first kappa shape index (κ1) is 8.90. The molecule has 2 aromatic heterocycles. The second kappa shape index (κ2) is 3.06. The van der Waals surface area contributed by atoms with Crippen LogP contribution in [0, 0.1) is 5.82 Å². The van der Waals surface area contributed by atoms with E-state index in [0.29, 0.717) is 28.4 Å². The standard InChI is InChI=1S/C10H8FN5/c11-5-2-1-3-6-9(5)14-10(13-6)7-4-8(12)16-15-7/h1-4H,(H,13,14)(H3,12,15,16). The molecule has 5 nitrogen and oxygen atoms in total. The number of nitrogen functional groups attached to an aromatic ring is 1. The van der Waals surface area contributed by atoms with Crippen molar-refractivity contribution in [1.29, 1.82) is 0 Å². The number of anilines is 1. The van der Waals surface area contributed by atoms with Gasteiger partial charge in [0.25, 0.3) is 0 Å². The van der Waals surface area contributed by atoms with Gasteiger partial charge in [0.2, 0.25) is 0 Å². The summed E-state index contributed by atoms with van der Waals surface area (Å²) in [6.45, 7) is 0. The van der Waals surface area contributed by atoms with Gasteiger partial charge in [-0.25, -0.2) is 9.37 Å². The van der Waals surface area contributed by atoms with Crippen LogP contribution in [0.15, 0.2) is 24.3 Å². The van der Waals surface area contributed by atoms with E-state index in [0.717, 1.165) is 0 Å². The van der Waals surface area contributed by atoms with Crippen LogP contribution >= 0.6 is 0 Å². The minimum atomic E-state index is -0.354. The Labute approximate surface area is 89.5 Å². The number of nitrogens with one attached hydrogen (secondary N) is 2. The maximum Gasteiger partial charge on any atom is 0.156 e. The van der Waals surface area contributed by atoms with Gasteiger partial charge in [-0.15, -0.1) is 0 Å². The third-order valence-electron chi connectivity index (χ3n) is 2.32. The molecule has 80 valence electrons. The first-order chi connectivity index (χ1) is 7.74. The van der Waals surface area contributed by atoms with Crippen LogP contribution in [-0.4, -0.2) is 20.2 Å². The first-order valence-corrected chi connectivity index (χ1v) is 4.69. The highest BCUT2D eigenvalue weighted by molar-refractivity contribution is 5.79. The van der Waals surface area contributed by atoms with Crippen LogP contribution in [0.25, 0.3) is 22.6 Å². The molecule has 0 aliphatic heterocycles. The largest absolute Gasteiger partial charge is 0.382 e. The third kappa shape index (κ3) is 1.23. The number of benzene rings is 1. The zero-order chi connectivity index (χ0) is 11.1. The van der Waals surface area contributed by atoms with Crippen LogP contribution in [0.1, 0.15) is 0 Å². The molecule has 0 bridgehead atoms. The molecule has 0 saturated heterocycles. The Balaban J connectivity index is 2.22. The normalized spacial score (nSPS) is 11.1. The van der Waals surface area contributed by atoms with Crippen molar-refractivity contribution in [2.45, 2.75) is 0 Å². The van der Waals surface area contributed by atoms with Gasteiger partial charge in [0, 0.05) is 6.07 Å². The second-order valence-electron chi connectivity index (χ2n) is 3.43. The van der Waals surface area contributed by atoms with Crippen LogP contribution in [-0.2, 0) is 0 Å². The van der Waals surface area contributed by atoms with Crippen LogP contribution < -0.4 is 5.73 Å². The highest BCUT2D eigenvalue weighted by Crippen LogP contribution is 2.21. The van der Waals surface area contributed by atoms with Gasteiger partial charge in [-0.3, -0.25) is 5.10 Å². The van der Waals surface area contributed by atoms with Crippen molar-refractivity contribution in [2.75, 3.05) is 5.73 Å². The van der Waals surface area contributed by atoms with Crippen LogP contribution in [0.4, 0.5) is 10.2 Å². The Morgan fingerprint density at radius 3 is 2.88 bits per heavy atom. The Morgan fingerprint density at radius 2 is 2.19 bits per heavy atom. The van der Waals surface area contributed by atoms with Gasteiger partial charge in [-0.1, -0.05) is 6.07 Å². The van der Waals surface area contributed by atoms with Crippen molar-refractivity contribution in [3.63, 3.8) is 0 Å². The van der Waals surface area contributed by atoms with E-state index in [-0.39, 0.29) is 5.82 Å². The molecule has 0 saturated carbocycles. The molecule has 0 radical (unpaired) electrons. The molecule has 1 aromatic carbocycles. The first-order valence-electron chi connectivity index (χ1n) is 4.69. The number of aromatic nitrogens is 4. The number of rotatable bonds is 1. The number of nitrogens with two attached hydrogens (primary N) is 1. The predicted molar refractivity (Wildman–Crippen MR) is 58.0 cm³/mol. The minimum Gasteiger partial charge on any atom is -0.382 e. The number of imidazole rings is 1. The number of H-pyrrole nitrogens is 2. The number of nitrogens with zero attached hydrogens (tertiary/aromatic N) is 2. The lowest BCUT2D eigenvalue weighted by Gasteiger charge is -1.86. The van der Waals surface area contributed by atoms with Crippen molar-refractivity contribution in [3.05, 3.63) is 30.1 Å². The van der Waals surface area contributed by atoms with Crippen LogP contribution in [0.2, 0.25) is 0 Å². The molecule has 0 unspecified atom stereocenters. The highest BCUT2D eigenvalue weighted by atomic mass is 19.1. The van der Waals surface area contributed by atoms with Gasteiger partial charge in [0.1, 0.15) is 17.0 Å². The summed E-state index contributed by atoms with van der Waals surface area (Å²) in [5.41, 5.74) is 7.07. The van der Waals surface area contributed by atoms with Crippen molar-refractivity contribution >= 4 is 16.9 Å². The third-order valence-corrected chi connectivity index (χ3v) is 2.32. The predicted octanol–water partition coefficient (Wildman–Crippen LogP) is 1.67. The van der Waals surface area contributed by atoms with Gasteiger partial charge >= 0.3 is 0 Å². The quantitative estimate of drug-likeness (QED) is 0.579. The van der Waals surface area contributed by atoms with E-state index in [4.69, 9.17) is 5.73 Å². The number of hydrogen-bond acceptors (Lipinski definition) is 3. The molecule has 0 amide bonds. The lowest BCUT2D eigenvalue weighted by atomic mass is 10.3. The zero-order valence-electron chi connectivity index (χ0n) is 8.16. The molecule has 3 rings (SSSR count). The summed E-state index contributed by atoms with van der Waals surface area (Å²) in [4.78, 5) is 7.13. The van der Waals surface area contributed by atoms with E-state index in [1.165, 1.54) is 6.07 Å². The van der Waals surface area contributed by atoms with E-state index in [2.05, 4.69) is 20.2 Å². The monoisotopic (exact) mass is 217 g/mol. The van der Waals surface area contributed by atoms with Crippen molar-refractivity contribution in [3.8, 4) is 11.5 Å². The summed E-state index contributed by atoms with van der Waals surface area (Å²) in [5.74, 6) is 0.535. The average molecular weight is 217 g/mol. The smallest absolute Gasteiger partial charge is 0.156 e. The number of hydrogen-bond donors (Lipinski definition) is 3. The Bertz CT molecular complexity index is 654. The SMILES string of the molecule is Nc1cc(-c2nc3c(F)cccc3[nH]2)[nH]n1. The molecule has 0 spiro atoms.